The van der Waals surface area contributed by atoms with E-state index in [4.69, 9.17) is 14.2 Å². The van der Waals surface area contributed by atoms with Gasteiger partial charge in [-0.2, -0.15) is 4.99 Å². The molecular weight excluding hydrogens is 440 g/mol. The second kappa shape index (κ2) is 8.43. The number of ether oxygens (including phenoxy) is 3. The summed E-state index contributed by atoms with van der Waals surface area (Å²) in [6, 6.07) is 12.2. The highest BCUT2D eigenvalue weighted by atomic mass is 32.2. The molecule has 31 heavy (non-hydrogen) atoms. The number of para-hydroxylation sites is 1. The van der Waals surface area contributed by atoms with Gasteiger partial charge in [-0.05, 0) is 24.3 Å². The molecule has 0 aromatic heterocycles. The fraction of sp³-hybridized carbons (Fsp3) is 0.333. The lowest BCUT2D eigenvalue weighted by atomic mass is 10.1. The van der Waals surface area contributed by atoms with Gasteiger partial charge in [-0.3, -0.25) is 4.79 Å². The summed E-state index contributed by atoms with van der Waals surface area (Å²) >= 11 is 1.33. The number of carbonyl (C=O) groups excluding carboxylic acids is 1. The topological polar surface area (TPSA) is 94.5 Å². The Morgan fingerprint density at radius 1 is 1.03 bits per heavy atom. The van der Waals surface area contributed by atoms with Crippen molar-refractivity contribution in [2.45, 2.75) is 11.3 Å². The Kier molecular flexibility index (Phi) is 5.85. The molecule has 2 atom stereocenters. The van der Waals surface area contributed by atoms with Gasteiger partial charge in [0.25, 0.3) is 5.91 Å². The number of rotatable bonds is 5. The molecular formula is C21H22N2O6S2. The van der Waals surface area contributed by atoms with E-state index < -0.39 is 15.7 Å². The van der Waals surface area contributed by atoms with Crippen molar-refractivity contribution in [3.8, 4) is 17.2 Å². The Morgan fingerprint density at radius 2 is 1.68 bits per heavy atom. The molecule has 0 aliphatic carbocycles. The number of amidine groups is 1. The minimum Gasteiger partial charge on any atom is -0.493 e. The van der Waals surface area contributed by atoms with Crippen LogP contribution in [0.1, 0.15) is 10.4 Å². The quantitative estimate of drug-likeness (QED) is 0.669. The lowest BCUT2D eigenvalue weighted by molar-refractivity contribution is 0.100. The summed E-state index contributed by atoms with van der Waals surface area (Å²) in [7, 11) is 1.31. The fourth-order valence-electron chi connectivity index (χ4n) is 3.81. The summed E-state index contributed by atoms with van der Waals surface area (Å²) in [6.45, 7) is 0. The average molecular weight is 463 g/mol. The van der Waals surface area contributed by atoms with Crippen LogP contribution in [0, 0.1) is 0 Å². The molecule has 2 saturated heterocycles. The van der Waals surface area contributed by atoms with Crippen molar-refractivity contribution in [2.75, 3.05) is 37.7 Å². The third-order valence-electron chi connectivity index (χ3n) is 5.21. The standard InChI is InChI=1S/C21H22N2O6S2/c1-27-16-9-13(10-17(28-2)19(16)29-3)20(24)22-21-23(14-7-5-4-6-8-14)15-11-31(25,26)12-18(15)30-21/h4-10,15,18H,11-12H2,1-3H3/t15-,18+/m1/s1. The predicted octanol–water partition coefficient (Wildman–Crippen LogP) is 2.63. The van der Waals surface area contributed by atoms with Crippen LogP contribution in [0.5, 0.6) is 17.2 Å². The van der Waals surface area contributed by atoms with E-state index in [0.717, 1.165) is 5.69 Å². The van der Waals surface area contributed by atoms with Gasteiger partial charge in [0.15, 0.2) is 26.5 Å². The Bertz CT molecular complexity index is 1110. The summed E-state index contributed by atoms with van der Waals surface area (Å²) in [5.74, 6) is 0.723. The third kappa shape index (κ3) is 4.09. The summed E-state index contributed by atoms with van der Waals surface area (Å²) in [5, 5.41) is 0.312. The van der Waals surface area contributed by atoms with Gasteiger partial charge >= 0.3 is 0 Å². The van der Waals surface area contributed by atoms with Crippen molar-refractivity contribution in [3.63, 3.8) is 0 Å². The fourth-order valence-corrected chi connectivity index (χ4v) is 7.72. The largest absolute Gasteiger partial charge is 0.493 e. The van der Waals surface area contributed by atoms with E-state index in [1.165, 1.54) is 33.1 Å². The number of aliphatic imine (C=N–C) groups is 1. The number of sulfone groups is 1. The number of amides is 1. The van der Waals surface area contributed by atoms with Gasteiger partial charge in [0.05, 0.1) is 38.9 Å². The second-order valence-corrected chi connectivity index (χ2v) is 10.5. The SMILES string of the molecule is COc1cc(C(=O)N=C2S[C@H]3CS(=O)(=O)C[C@H]3N2c2ccccc2)cc(OC)c1OC. The molecule has 4 rings (SSSR count). The molecule has 2 fully saturated rings. The van der Waals surface area contributed by atoms with Gasteiger partial charge < -0.3 is 19.1 Å². The van der Waals surface area contributed by atoms with Crippen LogP contribution in [0.4, 0.5) is 5.69 Å². The van der Waals surface area contributed by atoms with E-state index in [9.17, 15) is 13.2 Å². The average Bonchev–Trinajstić information content (AvgIpc) is 3.23. The molecule has 0 bridgehead atoms. The van der Waals surface area contributed by atoms with Crippen molar-refractivity contribution in [1.29, 1.82) is 0 Å². The van der Waals surface area contributed by atoms with Gasteiger partial charge in [0, 0.05) is 16.5 Å². The molecule has 10 heteroatoms. The first-order valence-electron chi connectivity index (χ1n) is 9.51. The monoisotopic (exact) mass is 462 g/mol. The molecule has 164 valence electrons. The molecule has 8 nitrogen and oxygen atoms in total. The van der Waals surface area contributed by atoms with Crippen LogP contribution in [0.2, 0.25) is 0 Å². The third-order valence-corrected chi connectivity index (χ3v) is 8.42. The highest BCUT2D eigenvalue weighted by molar-refractivity contribution is 8.16. The molecule has 2 aromatic rings. The number of thioether (sulfide) groups is 1. The highest BCUT2D eigenvalue weighted by Crippen LogP contribution is 2.42. The van der Waals surface area contributed by atoms with Crippen LogP contribution in [0.15, 0.2) is 47.5 Å². The minimum absolute atomic E-state index is 0.0386. The van der Waals surface area contributed by atoms with Crippen LogP contribution < -0.4 is 19.1 Å². The second-order valence-electron chi connectivity index (χ2n) is 7.12. The van der Waals surface area contributed by atoms with E-state index in [1.807, 2.05) is 35.2 Å². The number of methoxy groups -OCH3 is 3. The number of hydrogen-bond acceptors (Lipinski definition) is 7. The molecule has 2 heterocycles. The first-order valence-corrected chi connectivity index (χ1v) is 12.2. The van der Waals surface area contributed by atoms with Crippen LogP contribution in [0.3, 0.4) is 0 Å². The number of benzene rings is 2. The van der Waals surface area contributed by atoms with Crippen molar-refractivity contribution in [1.82, 2.24) is 0 Å². The summed E-state index contributed by atoms with van der Waals surface area (Å²) in [4.78, 5) is 19.3. The summed E-state index contributed by atoms with van der Waals surface area (Å²) < 4.78 is 40.3. The smallest absolute Gasteiger partial charge is 0.279 e. The van der Waals surface area contributed by atoms with Crippen molar-refractivity contribution < 1.29 is 27.4 Å². The van der Waals surface area contributed by atoms with Crippen LogP contribution in [-0.2, 0) is 9.84 Å². The van der Waals surface area contributed by atoms with Gasteiger partial charge in [-0.25, -0.2) is 8.42 Å². The van der Waals surface area contributed by atoms with E-state index in [0.29, 0.717) is 22.4 Å². The van der Waals surface area contributed by atoms with Crippen molar-refractivity contribution in [3.05, 3.63) is 48.0 Å². The normalized spacial score (nSPS) is 22.9. The number of fused-ring (bicyclic) bond motifs is 1. The molecule has 2 aliphatic rings. The maximum Gasteiger partial charge on any atom is 0.279 e. The van der Waals surface area contributed by atoms with E-state index >= 15 is 0 Å². The Hall–Kier alpha value is -2.72. The van der Waals surface area contributed by atoms with E-state index in [1.54, 1.807) is 12.1 Å². The maximum atomic E-state index is 13.1. The molecule has 2 aliphatic heterocycles. The lowest BCUT2D eigenvalue weighted by Gasteiger charge is -2.24. The Balaban J connectivity index is 1.73. The van der Waals surface area contributed by atoms with Crippen LogP contribution in [0.25, 0.3) is 0 Å². The Labute approximate surface area is 185 Å². The molecule has 2 aromatic carbocycles. The molecule has 0 radical (unpaired) electrons. The predicted molar refractivity (Wildman–Crippen MR) is 121 cm³/mol. The Morgan fingerprint density at radius 3 is 2.26 bits per heavy atom. The zero-order valence-electron chi connectivity index (χ0n) is 17.3. The van der Waals surface area contributed by atoms with Gasteiger partial charge in [-0.15, -0.1) is 0 Å². The van der Waals surface area contributed by atoms with Crippen molar-refractivity contribution >= 4 is 38.4 Å². The summed E-state index contributed by atoms with van der Waals surface area (Å²) in [6.07, 6.45) is 0. The molecule has 0 N–H and O–H groups in total. The van der Waals surface area contributed by atoms with E-state index in [-0.39, 0.29) is 28.4 Å². The maximum absolute atomic E-state index is 13.1. The van der Waals surface area contributed by atoms with Crippen LogP contribution >= 0.6 is 11.8 Å². The van der Waals surface area contributed by atoms with Crippen molar-refractivity contribution in [2.24, 2.45) is 4.99 Å². The molecule has 0 unspecified atom stereocenters. The zero-order valence-corrected chi connectivity index (χ0v) is 18.9. The lowest BCUT2D eigenvalue weighted by Crippen LogP contribution is -2.37. The molecule has 0 saturated carbocycles. The first kappa shape index (κ1) is 21.5. The number of nitrogens with zero attached hydrogens (tertiary/aromatic N) is 2. The molecule has 1 amide bonds. The zero-order chi connectivity index (χ0) is 22.2. The van der Waals surface area contributed by atoms with E-state index in [2.05, 4.69) is 4.99 Å². The van der Waals surface area contributed by atoms with Gasteiger partial charge in [0.2, 0.25) is 5.75 Å². The minimum atomic E-state index is -3.13. The number of anilines is 1. The first-order chi connectivity index (χ1) is 14.9. The highest BCUT2D eigenvalue weighted by Gasteiger charge is 2.49. The number of carbonyl (C=O) groups is 1. The van der Waals surface area contributed by atoms with Gasteiger partial charge in [-0.1, -0.05) is 30.0 Å². The summed E-state index contributed by atoms with van der Waals surface area (Å²) in [5.41, 5.74) is 1.08. The van der Waals surface area contributed by atoms with Crippen LogP contribution in [-0.4, -0.2) is 63.6 Å². The number of hydrogen-bond donors (Lipinski definition) is 0. The van der Waals surface area contributed by atoms with Gasteiger partial charge in [0.1, 0.15) is 0 Å². The molecule has 0 spiro atoms.